The topological polar surface area (TPSA) is 85.2 Å². The van der Waals surface area contributed by atoms with Crippen molar-refractivity contribution in [2.24, 2.45) is 0 Å². The summed E-state index contributed by atoms with van der Waals surface area (Å²) in [5, 5.41) is 22.3. The monoisotopic (exact) mass is 301 g/mol. The number of nitrogens with zero attached hydrogens (tertiary/aromatic N) is 1. The maximum Gasteiger partial charge on any atom is 0.417 e. The van der Waals surface area contributed by atoms with E-state index in [-0.39, 0.29) is 12.3 Å². The highest BCUT2D eigenvalue weighted by Gasteiger charge is 2.34. The molecule has 5 nitrogen and oxygen atoms in total. The van der Waals surface area contributed by atoms with Crippen LogP contribution in [0, 0.1) is 11.3 Å². The minimum Gasteiger partial charge on any atom is -0.394 e. The second-order valence-electron chi connectivity index (χ2n) is 4.99. The zero-order valence-electron chi connectivity index (χ0n) is 11.4. The Morgan fingerprint density at radius 1 is 1.38 bits per heavy atom. The van der Waals surface area contributed by atoms with Gasteiger partial charge in [0, 0.05) is 5.69 Å². The van der Waals surface area contributed by atoms with Crippen molar-refractivity contribution in [2.45, 2.75) is 25.6 Å². The zero-order valence-corrected chi connectivity index (χ0v) is 11.4. The van der Waals surface area contributed by atoms with Crippen LogP contribution in [0.4, 0.5) is 23.7 Å². The highest BCUT2D eigenvalue weighted by molar-refractivity contribution is 5.90. The number of anilines is 1. The van der Waals surface area contributed by atoms with Crippen LogP contribution in [0.5, 0.6) is 0 Å². The molecule has 0 atom stereocenters. The fourth-order valence-corrected chi connectivity index (χ4v) is 1.46. The second-order valence-corrected chi connectivity index (χ2v) is 4.99. The summed E-state index contributed by atoms with van der Waals surface area (Å²) in [5.41, 5.74) is -2.66. The van der Waals surface area contributed by atoms with Gasteiger partial charge in [-0.2, -0.15) is 18.4 Å². The lowest BCUT2D eigenvalue weighted by molar-refractivity contribution is -0.137. The first kappa shape index (κ1) is 16.8. The van der Waals surface area contributed by atoms with Crippen LogP contribution in [-0.2, 0) is 6.18 Å². The molecule has 0 heterocycles. The van der Waals surface area contributed by atoms with Gasteiger partial charge in [-0.15, -0.1) is 0 Å². The highest BCUT2D eigenvalue weighted by Crippen LogP contribution is 2.33. The van der Waals surface area contributed by atoms with E-state index in [2.05, 4.69) is 10.6 Å². The Hall–Kier alpha value is -2.27. The molecule has 114 valence electrons. The average molecular weight is 301 g/mol. The third-order valence-corrected chi connectivity index (χ3v) is 2.55. The van der Waals surface area contributed by atoms with E-state index in [1.807, 2.05) is 0 Å². The fraction of sp³-hybridized carbons (Fsp3) is 0.385. The standard InChI is InChI=1S/C13H14F3N3O2/c1-12(2,7-20)19-11(21)18-9-4-3-8(6-17)10(5-9)13(14,15)16/h3-5,20H,7H2,1-2H3,(H2,18,19,21). The van der Waals surface area contributed by atoms with E-state index in [1.165, 1.54) is 12.1 Å². The first-order chi connectivity index (χ1) is 9.59. The molecule has 3 N–H and O–H groups in total. The number of benzene rings is 1. The van der Waals surface area contributed by atoms with Crippen LogP contribution in [0.15, 0.2) is 18.2 Å². The van der Waals surface area contributed by atoms with Gasteiger partial charge in [0.15, 0.2) is 0 Å². The Kier molecular flexibility index (Phi) is 4.80. The molecule has 0 aromatic heterocycles. The number of nitriles is 1. The lowest BCUT2D eigenvalue weighted by atomic mass is 10.1. The number of carbonyl (C=O) groups excluding carboxylic acids is 1. The van der Waals surface area contributed by atoms with Crippen molar-refractivity contribution in [1.29, 1.82) is 5.26 Å². The van der Waals surface area contributed by atoms with Gasteiger partial charge in [-0.1, -0.05) is 0 Å². The molecule has 2 amide bonds. The van der Waals surface area contributed by atoms with Crippen molar-refractivity contribution in [2.75, 3.05) is 11.9 Å². The second kappa shape index (κ2) is 6.01. The van der Waals surface area contributed by atoms with Gasteiger partial charge >= 0.3 is 12.2 Å². The number of amides is 2. The molecule has 0 aliphatic carbocycles. The number of hydrogen-bond acceptors (Lipinski definition) is 3. The predicted octanol–water partition coefficient (Wildman–Crippen LogP) is 2.47. The summed E-state index contributed by atoms with van der Waals surface area (Å²) < 4.78 is 38.3. The van der Waals surface area contributed by atoms with Crippen LogP contribution < -0.4 is 10.6 Å². The van der Waals surface area contributed by atoms with Crippen LogP contribution >= 0.6 is 0 Å². The maximum atomic E-state index is 12.8. The van der Waals surface area contributed by atoms with E-state index in [1.54, 1.807) is 13.8 Å². The number of hydrogen-bond donors (Lipinski definition) is 3. The van der Waals surface area contributed by atoms with E-state index in [9.17, 15) is 18.0 Å². The molecule has 1 aromatic rings. The van der Waals surface area contributed by atoms with Gasteiger partial charge in [-0.3, -0.25) is 0 Å². The van der Waals surface area contributed by atoms with E-state index < -0.39 is 28.9 Å². The quantitative estimate of drug-likeness (QED) is 0.801. The summed E-state index contributed by atoms with van der Waals surface area (Å²) in [6.45, 7) is 2.76. The number of aliphatic hydroxyl groups excluding tert-OH is 1. The molecule has 8 heteroatoms. The lowest BCUT2D eigenvalue weighted by Crippen LogP contribution is -2.48. The molecule has 1 rings (SSSR count). The van der Waals surface area contributed by atoms with Gasteiger partial charge in [0.25, 0.3) is 0 Å². The molecule has 0 saturated heterocycles. The number of halogens is 3. The Balaban J connectivity index is 2.97. The number of nitrogens with one attached hydrogen (secondary N) is 2. The summed E-state index contributed by atoms with van der Waals surface area (Å²) in [6, 6.07) is 3.55. The first-order valence-corrected chi connectivity index (χ1v) is 5.90. The minimum atomic E-state index is -4.69. The molecule has 0 bridgehead atoms. The third-order valence-electron chi connectivity index (χ3n) is 2.55. The van der Waals surface area contributed by atoms with Gasteiger partial charge in [-0.25, -0.2) is 4.79 Å². The van der Waals surface area contributed by atoms with Crippen LogP contribution in [0.25, 0.3) is 0 Å². The van der Waals surface area contributed by atoms with E-state index in [0.717, 1.165) is 6.07 Å². The molecule has 0 unspecified atom stereocenters. The van der Waals surface area contributed by atoms with Crippen molar-refractivity contribution in [3.8, 4) is 6.07 Å². The lowest BCUT2D eigenvalue weighted by Gasteiger charge is -2.23. The van der Waals surface area contributed by atoms with E-state index >= 15 is 0 Å². The summed E-state index contributed by atoms with van der Waals surface area (Å²) in [4.78, 5) is 11.6. The Labute approximate surface area is 119 Å². The zero-order chi connectivity index (χ0) is 16.3. The highest BCUT2D eigenvalue weighted by atomic mass is 19.4. The van der Waals surface area contributed by atoms with Crippen LogP contribution in [-0.4, -0.2) is 23.3 Å². The first-order valence-electron chi connectivity index (χ1n) is 5.90. The molecular weight excluding hydrogens is 287 g/mol. The fourth-order valence-electron chi connectivity index (χ4n) is 1.46. The number of urea groups is 1. The summed E-state index contributed by atoms with van der Waals surface area (Å²) >= 11 is 0. The van der Waals surface area contributed by atoms with Crippen molar-refractivity contribution >= 4 is 11.7 Å². The van der Waals surface area contributed by atoms with Gasteiger partial charge in [0.1, 0.15) is 0 Å². The Bertz CT molecular complexity index is 577. The molecule has 0 saturated carbocycles. The molecule has 21 heavy (non-hydrogen) atoms. The number of alkyl halides is 3. The molecular formula is C13H14F3N3O2. The Morgan fingerprint density at radius 2 is 2.00 bits per heavy atom. The predicted molar refractivity (Wildman–Crippen MR) is 69.5 cm³/mol. The van der Waals surface area contributed by atoms with Crippen LogP contribution in [0.1, 0.15) is 25.0 Å². The average Bonchev–Trinajstić information content (AvgIpc) is 2.37. The maximum absolute atomic E-state index is 12.8. The van der Waals surface area contributed by atoms with Crippen molar-refractivity contribution in [3.05, 3.63) is 29.3 Å². The third kappa shape index (κ3) is 4.65. The number of carbonyl (C=O) groups is 1. The van der Waals surface area contributed by atoms with Crippen molar-refractivity contribution in [3.63, 3.8) is 0 Å². The number of aliphatic hydroxyl groups is 1. The summed E-state index contributed by atoms with van der Waals surface area (Å²) in [5.74, 6) is 0. The van der Waals surface area contributed by atoms with E-state index in [0.29, 0.717) is 6.07 Å². The molecule has 0 aliphatic heterocycles. The minimum absolute atomic E-state index is 0.104. The van der Waals surface area contributed by atoms with Crippen molar-refractivity contribution in [1.82, 2.24) is 5.32 Å². The van der Waals surface area contributed by atoms with E-state index in [4.69, 9.17) is 10.4 Å². The Morgan fingerprint density at radius 3 is 2.48 bits per heavy atom. The van der Waals surface area contributed by atoms with Gasteiger partial charge in [-0.05, 0) is 32.0 Å². The molecule has 0 aliphatic rings. The normalized spacial score (nSPS) is 11.7. The van der Waals surface area contributed by atoms with Gasteiger partial charge in [0.05, 0.1) is 29.3 Å². The SMILES string of the molecule is CC(C)(CO)NC(=O)Nc1ccc(C#N)c(C(F)(F)F)c1. The van der Waals surface area contributed by atoms with Gasteiger partial charge in [0.2, 0.25) is 0 Å². The number of rotatable bonds is 3. The summed E-state index contributed by atoms with van der Waals surface area (Å²) in [6.07, 6.45) is -4.69. The molecule has 1 aromatic carbocycles. The van der Waals surface area contributed by atoms with Crippen LogP contribution in [0.2, 0.25) is 0 Å². The largest absolute Gasteiger partial charge is 0.417 e. The smallest absolute Gasteiger partial charge is 0.394 e. The summed E-state index contributed by atoms with van der Waals surface area (Å²) in [7, 11) is 0. The van der Waals surface area contributed by atoms with Crippen molar-refractivity contribution < 1.29 is 23.1 Å². The van der Waals surface area contributed by atoms with Crippen LogP contribution in [0.3, 0.4) is 0 Å². The van der Waals surface area contributed by atoms with Gasteiger partial charge < -0.3 is 15.7 Å². The molecule has 0 radical (unpaired) electrons. The molecule has 0 spiro atoms. The molecule has 0 fully saturated rings.